The average Bonchev–Trinajstić information content (AvgIpc) is 2.66. The number of rotatable bonds is 9. The number of halogens is 1. The molecule has 0 fully saturated rings. The van der Waals surface area contributed by atoms with E-state index >= 15 is 0 Å². The fraction of sp³-hybridized carbons (Fsp3) is 0.286. The molecule has 2 aromatic rings. The summed E-state index contributed by atoms with van der Waals surface area (Å²) >= 11 is 0. The highest BCUT2D eigenvalue weighted by atomic mass is 35.5. The topological polar surface area (TPSA) is 59.6 Å². The number of nitrogens with one attached hydrogen (secondary N) is 2. The Morgan fingerprint density at radius 1 is 1.15 bits per heavy atom. The summed E-state index contributed by atoms with van der Waals surface area (Å²) in [7, 11) is 1.58. The van der Waals surface area contributed by atoms with Crippen molar-refractivity contribution in [1.29, 1.82) is 0 Å². The minimum atomic E-state index is -0.214. The van der Waals surface area contributed by atoms with E-state index in [9.17, 15) is 4.79 Å². The first-order valence-corrected chi connectivity index (χ1v) is 8.70. The van der Waals surface area contributed by atoms with Crippen LogP contribution in [0.5, 0.6) is 11.5 Å². The Morgan fingerprint density at radius 2 is 1.93 bits per heavy atom. The second kappa shape index (κ2) is 12.0. The Labute approximate surface area is 167 Å². The number of allylic oxidation sites excluding steroid dienone is 1. The number of anilines is 1. The summed E-state index contributed by atoms with van der Waals surface area (Å²) in [6.07, 6.45) is 3.92. The molecular weight excluding hydrogens is 364 g/mol. The molecule has 0 unspecified atom stereocenters. The van der Waals surface area contributed by atoms with Gasteiger partial charge < -0.3 is 20.1 Å². The fourth-order valence-corrected chi connectivity index (χ4v) is 2.49. The number of ether oxygens (including phenoxy) is 2. The van der Waals surface area contributed by atoms with Gasteiger partial charge in [0, 0.05) is 12.2 Å². The molecular formula is C21H27ClN2O3. The van der Waals surface area contributed by atoms with Crippen LogP contribution in [-0.2, 0) is 11.3 Å². The summed E-state index contributed by atoms with van der Waals surface area (Å²) < 4.78 is 11.0. The standard InChI is InChI=1S/C21H26N2O3.ClH/c1-4-8-16-11-12-19(20(13-16)25-3)26-15-21(24)23-18-10-7-6-9-17(18)14-22-5-2;/h4,6-13,22H,5,14-15H2,1-3H3,(H,23,24);1H/b8-4+;. The molecule has 0 aliphatic heterocycles. The molecule has 0 heterocycles. The lowest BCUT2D eigenvalue weighted by Gasteiger charge is -2.13. The van der Waals surface area contributed by atoms with Crippen LogP contribution < -0.4 is 20.1 Å². The number of methoxy groups -OCH3 is 1. The highest BCUT2D eigenvalue weighted by Gasteiger charge is 2.10. The first kappa shape index (κ1) is 22.5. The highest BCUT2D eigenvalue weighted by Crippen LogP contribution is 2.28. The van der Waals surface area contributed by atoms with Crippen LogP contribution in [-0.4, -0.2) is 26.2 Å². The number of carbonyl (C=O) groups is 1. The Morgan fingerprint density at radius 3 is 2.63 bits per heavy atom. The van der Waals surface area contributed by atoms with Crippen molar-refractivity contribution in [2.24, 2.45) is 0 Å². The molecule has 1 amide bonds. The predicted octanol–water partition coefficient (Wildman–Crippen LogP) is 4.28. The van der Waals surface area contributed by atoms with Crippen LogP contribution in [0.25, 0.3) is 6.08 Å². The number of hydrogen-bond acceptors (Lipinski definition) is 4. The predicted molar refractivity (Wildman–Crippen MR) is 113 cm³/mol. The first-order chi connectivity index (χ1) is 12.7. The van der Waals surface area contributed by atoms with Crippen LogP contribution in [0.1, 0.15) is 25.0 Å². The third kappa shape index (κ3) is 6.96. The molecule has 0 aliphatic rings. The molecule has 146 valence electrons. The molecule has 0 radical (unpaired) electrons. The Balaban J connectivity index is 0.00000364. The van der Waals surface area contributed by atoms with Crippen molar-refractivity contribution in [3.05, 3.63) is 59.7 Å². The second-order valence-corrected chi connectivity index (χ2v) is 5.68. The fourth-order valence-electron chi connectivity index (χ4n) is 2.49. The Hall–Kier alpha value is -2.50. The average molecular weight is 391 g/mol. The van der Waals surface area contributed by atoms with Crippen molar-refractivity contribution < 1.29 is 14.3 Å². The van der Waals surface area contributed by atoms with Gasteiger partial charge in [0.05, 0.1) is 7.11 Å². The van der Waals surface area contributed by atoms with E-state index in [2.05, 4.69) is 10.6 Å². The van der Waals surface area contributed by atoms with E-state index in [0.29, 0.717) is 18.0 Å². The van der Waals surface area contributed by atoms with E-state index in [4.69, 9.17) is 9.47 Å². The molecule has 5 nitrogen and oxygen atoms in total. The van der Waals surface area contributed by atoms with Gasteiger partial charge in [-0.1, -0.05) is 43.3 Å². The van der Waals surface area contributed by atoms with Crippen LogP contribution in [0.15, 0.2) is 48.5 Å². The van der Waals surface area contributed by atoms with Gasteiger partial charge in [0.25, 0.3) is 5.91 Å². The van der Waals surface area contributed by atoms with Gasteiger partial charge in [-0.2, -0.15) is 0 Å². The summed E-state index contributed by atoms with van der Waals surface area (Å²) in [5.41, 5.74) is 2.84. The summed E-state index contributed by atoms with van der Waals surface area (Å²) in [6, 6.07) is 13.3. The lowest BCUT2D eigenvalue weighted by Crippen LogP contribution is -2.22. The first-order valence-electron chi connectivity index (χ1n) is 8.70. The second-order valence-electron chi connectivity index (χ2n) is 5.68. The van der Waals surface area contributed by atoms with Gasteiger partial charge in [-0.3, -0.25) is 4.79 Å². The zero-order valence-electron chi connectivity index (χ0n) is 16.0. The van der Waals surface area contributed by atoms with E-state index < -0.39 is 0 Å². The highest BCUT2D eigenvalue weighted by molar-refractivity contribution is 5.92. The smallest absolute Gasteiger partial charge is 0.262 e. The summed E-state index contributed by atoms with van der Waals surface area (Å²) in [5, 5.41) is 6.16. The zero-order valence-corrected chi connectivity index (χ0v) is 16.8. The maximum atomic E-state index is 12.3. The van der Waals surface area contributed by atoms with Gasteiger partial charge in [0.1, 0.15) is 0 Å². The minimum absolute atomic E-state index is 0. The van der Waals surface area contributed by atoms with Crippen molar-refractivity contribution in [1.82, 2.24) is 5.32 Å². The van der Waals surface area contributed by atoms with E-state index in [-0.39, 0.29) is 24.9 Å². The molecule has 27 heavy (non-hydrogen) atoms. The number of para-hydroxylation sites is 1. The molecule has 0 aliphatic carbocycles. The molecule has 2 rings (SSSR count). The van der Waals surface area contributed by atoms with Crippen molar-refractivity contribution in [3.8, 4) is 11.5 Å². The molecule has 0 atom stereocenters. The molecule has 0 saturated carbocycles. The van der Waals surface area contributed by atoms with Crippen LogP contribution in [0.2, 0.25) is 0 Å². The Bertz CT molecular complexity index is 763. The van der Waals surface area contributed by atoms with E-state index in [1.54, 1.807) is 13.2 Å². The van der Waals surface area contributed by atoms with E-state index in [1.807, 2.05) is 62.4 Å². The van der Waals surface area contributed by atoms with Crippen molar-refractivity contribution >= 4 is 30.1 Å². The van der Waals surface area contributed by atoms with Crippen molar-refractivity contribution in [3.63, 3.8) is 0 Å². The largest absolute Gasteiger partial charge is 0.493 e. The lowest BCUT2D eigenvalue weighted by molar-refractivity contribution is -0.118. The van der Waals surface area contributed by atoms with E-state index in [0.717, 1.165) is 23.4 Å². The maximum Gasteiger partial charge on any atom is 0.262 e. The van der Waals surface area contributed by atoms with Crippen molar-refractivity contribution in [2.45, 2.75) is 20.4 Å². The minimum Gasteiger partial charge on any atom is -0.493 e. The molecule has 0 bridgehead atoms. The quantitative estimate of drug-likeness (QED) is 0.671. The number of amides is 1. The number of benzene rings is 2. The third-order valence-electron chi connectivity index (χ3n) is 3.76. The number of hydrogen-bond donors (Lipinski definition) is 2. The van der Waals surface area contributed by atoms with Gasteiger partial charge in [-0.05, 0) is 42.8 Å². The molecule has 0 saturated heterocycles. The molecule has 0 aromatic heterocycles. The maximum absolute atomic E-state index is 12.3. The number of carbonyl (C=O) groups excluding carboxylic acids is 1. The van der Waals surface area contributed by atoms with Crippen molar-refractivity contribution in [2.75, 3.05) is 25.6 Å². The molecule has 0 spiro atoms. The Kier molecular flexibility index (Phi) is 10.0. The van der Waals surface area contributed by atoms with Crippen LogP contribution in [0.4, 0.5) is 5.69 Å². The lowest BCUT2D eigenvalue weighted by atomic mass is 10.1. The molecule has 2 N–H and O–H groups in total. The molecule has 6 heteroatoms. The van der Waals surface area contributed by atoms with Gasteiger partial charge in [-0.15, -0.1) is 12.4 Å². The SMILES string of the molecule is C/C=C/c1ccc(OCC(=O)Nc2ccccc2CNCC)c(OC)c1.Cl. The van der Waals surface area contributed by atoms with Crippen LogP contribution >= 0.6 is 12.4 Å². The van der Waals surface area contributed by atoms with Gasteiger partial charge in [0.2, 0.25) is 0 Å². The monoisotopic (exact) mass is 390 g/mol. The summed E-state index contributed by atoms with van der Waals surface area (Å²) in [4.78, 5) is 12.3. The molecule has 2 aromatic carbocycles. The van der Waals surface area contributed by atoms with Gasteiger partial charge in [-0.25, -0.2) is 0 Å². The zero-order chi connectivity index (χ0) is 18.8. The van der Waals surface area contributed by atoms with E-state index in [1.165, 1.54) is 0 Å². The van der Waals surface area contributed by atoms with Crippen LogP contribution in [0.3, 0.4) is 0 Å². The van der Waals surface area contributed by atoms with Gasteiger partial charge in [0.15, 0.2) is 18.1 Å². The van der Waals surface area contributed by atoms with Crippen LogP contribution in [0, 0.1) is 0 Å². The summed E-state index contributed by atoms with van der Waals surface area (Å²) in [5.74, 6) is 0.923. The summed E-state index contributed by atoms with van der Waals surface area (Å²) in [6.45, 7) is 5.48. The third-order valence-corrected chi connectivity index (χ3v) is 3.76. The normalized spacial score (nSPS) is 10.3. The van der Waals surface area contributed by atoms with Gasteiger partial charge >= 0.3 is 0 Å².